The molecule has 0 saturated heterocycles. The zero-order valence-corrected chi connectivity index (χ0v) is 18.2. The molecule has 1 fully saturated rings. The van der Waals surface area contributed by atoms with Gasteiger partial charge in [0.05, 0.1) is 19.2 Å². The topological polar surface area (TPSA) is 90.1 Å². The normalized spacial score (nSPS) is 23.7. The van der Waals surface area contributed by atoms with Crippen molar-refractivity contribution in [3.8, 4) is 11.9 Å². The smallest absolute Gasteiger partial charge is 0.255 e. The number of guanidine groups is 1. The van der Waals surface area contributed by atoms with E-state index in [0.29, 0.717) is 30.4 Å². The van der Waals surface area contributed by atoms with Gasteiger partial charge in [-0.05, 0) is 43.4 Å². The summed E-state index contributed by atoms with van der Waals surface area (Å²) < 4.78 is 5.36. The number of ether oxygens (including phenoxy) is 1. The number of hydrogen-bond acceptors (Lipinski definition) is 4. The SMILES string of the molecule is COc1ccccc1C(=O)NC[C@]1(c2ccccc2)CC[C@H](N2CC=NC2=NC#N)CC1. The van der Waals surface area contributed by atoms with Gasteiger partial charge in [-0.1, -0.05) is 42.5 Å². The molecule has 0 spiro atoms. The third-order valence-corrected chi connectivity index (χ3v) is 6.57. The standard InChI is InChI=1S/C25H27N5O2/c1-32-22-10-6-5-9-21(22)23(31)28-17-25(19-7-3-2-4-8-19)13-11-20(12-14-25)30-16-15-27-24(30)29-18-26/h2-10,15,20H,11-14,16-17H2,1H3,(H,28,31)/t20-,25-. The van der Waals surface area contributed by atoms with Gasteiger partial charge < -0.3 is 15.0 Å². The van der Waals surface area contributed by atoms with E-state index in [9.17, 15) is 4.79 Å². The van der Waals surface area contributed by atoms with E-state index in [0.717, 1.165) is 25.7 Å². The second-order valence-electron chi connectivity index (χ2n) is 8.24. The van der Waals surface area contributed by atoms with Crippen LogP contribution in [0.1, 0.15) is 41.6 Å². The molecule has 1 saturated carbocycles. The number of amides is 1. The predicted molar refractivity (Wildman–Crippen MR) is 124 cm³/mol. The van der Waals surface area contributed by atoms with Gasteiger partial charge in [-0.2, -0.15) is 5.26 Å². The summed E-state index contributed by atoms with van der Waals surface area (Å²) in [5.74, 6) is 0.950. The number of nitrogens with one attached hydrogen (secondary N) is 1. The number of carbonyl (C=O) groups excluding carboxylic acids is 1. The Kier molecular flexibility index (Phi) is 6.50. The van der Waals surface area contributed by atoms with Crippen LogP contribution in [0.15, 0.2) is 64.6 Å². The van der Waals surface area contributed by atoms with Crippen molar-refractivity contribution in [2.24, 2.45) is 9.98 Å². The Bertz CT molecular complexity index is 1050. The van der Waals surface area contributed by atoms with Crippen molar-refractivity contribution in [1.29, 1.82) is 5.26 Å². The Morgan fingerprint density at radius 3 is 2.66 bits per heavy atom. The first kappa shape index (κ1) is 21.6. The third-order valence-electron chi connectivity index (χ3n) is 6.57. The molecule has 2 aromatic carbocycles. The van der Waals surface area contributed by atoms with Gasteiger partial charge in [0.2, 0.25) is 12.2 Å². The molecule has 0 atom stereocenters. The number of aliphatic imine (C=N–C) groups is 2. The molecule has 0 bridgehead atoms. The van der Waals surface area contributed by atoms with Gasteiger partial charge in [0, 0.05) is 24.2 Å². The monoisotopic (exact) mass is 429 g/mol. The van der Waals surface area contributed by atoms with Crippen molar-refractivity contribution >= 4 is 18.1 Å². The van der Waals surface area contributed by atoms with Crippen LogP contribution in [0.2, 0.25) is 0 Å². The van der Waals surface area contributed by atoms with Crippen molar-refractivity contribution < 1.29 is 9.53 Å². The number of nitriles is 1. The fraction of sp³-hybridized carbons (Fsp3) is 0.360. The van der Waals surface area contributed by atoms with Crippen LogP contribution >= 0.6 is 0 Å². The first-order chi connectivity index (χ1) is 15.7. The molecule has 2 aromatic rings. The average molecular weight is 430 g/mol. The minimum atomic E-state index is -0.150. The number of carbonyl (C=O) groups is 1. The van der Waals surface area contributed by atoms with E-state index in [2.05, 4.69) is 44.5 Å². The summed E-state index contributed by atoms with van der Waals surface area (Å²) in [6.45, 7) is 1.24. The highest BCUT2D eigenvalue weighted by molar-refractivity contribution is 5.97. The van der Waals surface area contributed by atoms with Crippen LogP contribution in [0.3, 0.4) is 0 Å². The maximum absolute atomic E-state index is 13.0. The van der Waals surface area contributed by atoms with Gasteiger partial charge in [0.1, 0.15) is 5.75 Å². The van der Waals surface area contributed by atoms with Crippen LogP contribution in [-0.4, -0.2) is 49.2 Å². The summed E-state index contributed by atoms with van der Waals surface area (Å²) in [6.07, 6.45) is 7.38. The highest BCUT2D eigenvalue weighted by Gasteiger charge is 2.40. The molecule has 1 aliphatic heterocycles. The zero-order chi connectivity index (χ0) is 22.4. The summed E-state index contributed by atoms with van der Waals surface area (Å²) >= 11 is 0. The summed E-state index contributed by atoms with van der Waals surface area (Å²) in [5, 5.41) is 12.1. The van der Waals surface area contributed by atoms with Crippen LogP contribution in [0, 0.1) is 11.5 Å². The Hall–Kier alpha value is -3.66. The summed E-state index contributed by atoms with van der Waals surface area (Å²) in [4.78, 5) is 23.2. The quantitative estimate of drug-likeness (QED) is 0.712. The maximum atomic E-state index is 13.0. The molecule has 2 aliphatic rings. The number of rotatable bonds is 6. The van der Waals surface area contributed by atoms with Gasteiger partial charge in [-0.25, -0.2) is 4.99 Å². The zero-order valence-electron chi connectivity index (χ0n) is 18.2. The highest BCUT2D eigenvalue weighted by Crippen LogP contribution is 2.41. The third kappa shape index (κ3) is 4.35. The van der Waals surface area contributed by atoms with E-state index in [4.69, 9.17) is 10.00 Å². The van der Waals surface area contributed by atoms with E-state index in [1.807, 2.05) is 30.6 Å². The first-order valence-corrected chi connectivity index (χ1v) is 10.9. The van der Waals surface area contributed by atoms with Crippen LogP contribution in [0.4, 0.5) is 0 Å². The fourth-order valence-electron chi connectivity index (χ4n) is 4.82. The molecule has 1 N–H and O–H groups in total. The molecule has 4 rings (SSSR count). The van der Waals surface area contributed by atoms with Gasteiger partial charge in [-0.3, -0.25) is 4.79 Å². The average Bonchev–Trinajstić information content (AvgIpc) is 3.32. The van der Waals surface area contributed by atoms with E-state index >= 15 is 0 Å². The molecule has 7 heteroatoms. The van der Waals surface area contributed by atoms with Gasteiger partial charge in [0.25, 0.3) is 5.91 Å². The Morgan fingerprint density at radius 1 is 1.22 bits per heavy atom. The van der Waals surface area contributed by atoms with Crippen molar-refractivity contribution in [2.75, 3.05) is 20.2 Å². The van der Waals surface area contributed by atoms with E-state index in [1.54, 1.807) is 19.2 Å². The molecule has 1 heterocycles. The molecule has 7 nitrogen and oxygen atoms in total. The van der Waals surface area contributed by atoms with E-state index < -0.39 is 0 Å². The Morgan fingerprint density at radius 2 is 1.94 bits per heavy atom. The molecule has 0 unspecified atom stereocenters. The van der Waals surface area contributed by atoms with E-state index in [-0.39, 0.29) is 17.4 Å². The number of methoxy groups -OCH3 is 1. The molecule has 164 valence electrons. The minimum Gasteiger partial charge on any atom is -0.496 e. The minimum absolute atomic E-state index is 0.128. The number of para-hydroxylation sites is 1. The van der Waals surface area contributed by atoms with Crippen LogP contribution in [0.5, 0.6) is 5.75 Å². The lowest BCUT2D eigenvalue weighted by Crippen LogP contribution is -2.48. The molecule has 1 amide bonds. The Balaban J connectivity index is 1.50. The number of hydrogen-bond donors (Lipinski definition) is 1. The van der Waals surface area contributed by atoms with E-state index in [1.165, 1.54) is 5.56 Å². The molecule has 32 heavy (non-hydrogen) atoms. The molecular weight excluding hydrogens is 402 g/mol. The lowest BCUT2D eigenvalue weighted by atomic mass is 9.68. The predicted octanol–water partition coefficient (Wildman–Crippen LogP) is 3.53. The van der Waals surface area contributed by atoms with Crippen LogP contribution < -0.4 is 10.1 Å². The number of nitrogens with zero attached hydrogens (tertiary/aromatic N) is 4. The summed E-state index contributed by atoms with van der Waals surface area (Å²) in [6, 6.07) is 18.0. The lowest BCUT2D eigenvalue weighted by Gasteiger charge is -2.43. The van der Waals surface area contributed by atoms with Gasteiger partial charge in [0.15, 0.2) is 0 Å². The van der Waals surface area contributed by atoms with Crippen molar-refractivity contribution in [1.82, 2.24) is 10.2 Å². The second-order valence-corrected chi connectivity index (χ2v) is 8.24. The fourth-order valence-corrected chi connectivity index (χ4v) is 4.82. The van der Waals surface area contributed by atoms with Crippen LogP contribution in [-0.2, 0) is 5.41 Å². The highest BCUT2D eigenvalue weighted by atomic mass is 16.5. The van der Waals surface area contributed by atoms with Gasteiger partial charge >= 0.3 is 0 Å². The largest absolute Gasteiger partial charge is 0.496 e. The second kappa shape index (κ2) is 9.65. The van der Waals surface area contributed by atoms with Crippen molar-refractivity contribution in [3.63, 3.8) is 0 Å². The molecule has 0 aromatic heterocycles. The number of benzene rings is 2. The Labute approximate surface area is 188 Å². The summed E-state index contributed by atoms with van der Waals surface area (Å²) in [5.41, 5.74) is 1.63. The summed E-state index contributed by atoms with van der Waals surface area (Å²) in [7, 11) is 1.57. The lowest BCUT2D eigenvalue weighted by molar-refractivity contribution is 0.0927. The maximum Gasteiger partial charge on any atom is 0.255 e. The van der Waals surface area contributed by atoms with Gasteiger partial charge in [-0.15, -0.1) is 4.99 Å². The van der Waals surface area contributed by atoms with Crippen molar-refractivity contribution in [2.45, 2.75) is 37.1 Å². The van der Waals surface area contributed by atoms with Crippen molar-refractivity contribution in [3.05, 3.63) is 65.7 Å². The molecular formula is C25H27N5O2. The first-order valence-electron chi connectivity index (χ1n) is 10.9. The molecule has 0 radical (unpaired) electrons. The van der Waals surface area contributed by atoms with Crippen LogP contribution in [0.25, 0.3) is 0 Å². The molecule has 1 aliphatic carbocycles.